The van der Waals surface area contributed by atoms with Crippen LogP contribution in [0.5, 0.6) is 0 Å². The predicted octanol–water partition coefficient (Wildman–Crippen LogP) is 0.502. The van der Waals surface area contributed by atoms with E-state index in [1.807, 2.05) is 19.0 Å². The predicted molar refractivity (Wildman–Crippen MR) is 58.4 cm³/mol. The first-order chi connectivity index (χ1) is 7.24. The van der Waals surface area contributed by atoms with Gasteiger partial charge in [-0.15, -0.1) is 0 Å². The number of aromatic nitrogens is 2. The molecule has 0 radical (unpaired) electrons. The highest BCUT2D eigenvalue weighted by atomic mass is 15.2. The molecule has 0 saturated heterocycles. The minimum absolute atomic E-state index is 0.996. The Bertz CT molecular complexity index is 364. The van der Waals surface area contributed by atoms with Crippen molar-refractivity contribution in [3.63, 3.8) is 0 Å². The third-order valence-corrected chi connectivity index (χ3v) is 2.43. The van der Waals surface area contributed by atoms with E-state index in [9.17, 15) is 0 Å². The van der Waals surface area contributed by atoms with E-state index in [4.69, 9.17) is 0 Å². The van der Waals surface area contributed by atoms with Gasteiger partial charge in [-0.1, -0.05) is 0 Å². The highest BCUT2D eigenvalue weighted by Crippen LogP contribution is 2.02. The number of rotatable bonds is 3. The molecule has 0 atom stereocenters. The van der Waals surface area contributed by atoms with Crippen LogP contribution < -0.4 is 4.57 Å². The molecule has 0 amide bonds. The fourth-order valence-electron chi connectivity index (χ4n) is 1.49. The molecule has 4 heteroatoms. The van der Waals surface area contributed by atoms with Crippen molar-refractivity contribution in [3.05, 3.63) is 43.5 Å². The van der Waals surface area contributed by atoms with Crippen molar-refractivity contribution in [3.8, 4) is 0 Å². The van der Waals surface area contributed by atoms with Crippen molar-refractivity contribution in [2.24, 2.45) is 7.05 Å². The number of hydrogen-bond acceptors (Lipinski definition) is 2. The summed E-state index contributed by atoms with van der Waals surface area (Å²) >= 11 is 0. The molecule has 0 saturated carbocycles. The zero-order chi connectivity index (χ0) is 10.7. The lowest BCUT2D eigenvalue weighted by atomic mass is 10.5. The maximum atomic E-state index is 2.18. The summed E-state index contributed by atoms with van der Waals surface area (Å²) in [6.45, 7) is 1.99. The van der Waals surface area contributed by atoms with Crippen molar-refractivity contribution >= 4 is 0 Å². The largest absolute Gasteiger partial charge is 0.354 e. The maximum absolute atomic E-state index is 2.18. The average molecular weight is 205 g/mol. The highest BCUT2D eigenvalue weighted by molar-refractivity contribution is 4.99. The van der Waals surface area contributed by atoms with E-state index < -0.39 is 0 Å². The van der Waals surface area contributed by atoms with E-state index in [1.165, 1.54) is 0 Å². The van der Waals surface area contributed by atoms with Gasteiger partial charge in [0.2, 0.25) is 6.33 Å². The Morgan fingerprint density at radius 3 is 2.40 bits per heavy atom. The summed E-state index contributed by atoms with van der Waals surface area (Å²) in [6, 6.07) is 0. The van der Waals surface area contributed by atoms with Crippen LogP contribution in [-0.4, -0.2) is 28.0 Å². The van der Waals surface area contributed by atoms with E-state index in [0.29, 0.717) is 0 Å². The highest BCUT2D eigenvalue weighted by Gasteiger charge is 2.03. The number of hydrogen-bond donors (Lipinski definition) is 0. The molecular formula is C11H17N4+. The van der Waals surface area contributed by atoms with Crippen molar-refractivity contribution in [1.82, 2.24) is 14.4 Å². The summed E-state index contributed by atoms with van der Waals surface area (Å²) in [6.07, 6.45) is 14.5. The average Bonchev–Trinajstić information content (AvgIpc) is 2.64. The first-order valence-electron chi connectivity index (χ1n) is 5.09. The van der Waals surface area contributed by atoms with Gasteiger partial charge >= 0.3 is 0 Å². The zero-order valence-electron chi connectivity index (χ0n) is 9.24. The van der Waals surface area contributed by atoms with E-state index in [0.717, 1.165) is 13.1 Å². The normalized spacial score (nSPS) is 15.1. The SMILES string of the molecule is CN1C=CN(CCn2cc[n+](C)c2)C=C1. The summed E-state index contributed by atoms with van der Waals surface area (Å²) in [4.78, 5) is 4.21. The van der Waals surface area contributed by atoms with Gasteiger partial charge in [0.15, 0.2) is 0 Å². The lowest BCUT2D eigenvalue weighted by molar-refractivity contribution is -0.671. The molecule has 1 aliphatic heterocycles. The second-order valence-electron chi connectivity index (χ2n) is 3.82. The van der Waals surface area contributed by atoms with Gasteiger partial charge in [-0.05, 0) is 0 Å². The fraction of sp³-hybridized carbons (Fsp3) is 0.364. The molecule has 0 fully saturated rings. The molecular weight excluding hydrogens is 188 g/mol. The van der Waals surface area contributed by atoms with Gasteiger partial charge < -0.3 is 9.80 Å². The summed E-state index contributed by atoms with van der Waals surface area (Å²) < 4.78 is 4.23. The van der Waals surface area contributed by atoms with Crippen LogP contribution in [-0.2, 0) is 13.6 Å². The van der Waals surface area contributed by atoms with E-state index in [-0.39, 0.29) is 0 Å². The Morgan fingerprint density at radius 1 is 1.07 bits per heavy atom. The number of aryl methyl sites for hydroxylation is 1. The molecule has 1 aromatic heterocycles. The van der Waals surface area contributed by atoms with Gasteiger partial charge in [0.1, 0.15) is 18.9 Å². The molecule has 0 spiro atoms. The van der Waals surface area contributed by atoms with Crippen LogP contribution in [0.4, 0.5) is 0 Å². The third kappa shape index (κ3) is 2.62. The van der Waals surface area contributed by atoms with E-state index in [1.54, 1.807) is 0 Å². The molecule has 15 heavy (non-hydrogen) atoms. The fourth-order valence-corrected chi connectivity index (χ4v) is 1.49. The lowest BCUT2D eigenvalue weighted by Crippen LogP contribution is -2.25. The van der Waals surface area contributed by atoms with Gasteiger partial charge in [0.25, 0.3) is 0 Å². The standard InChI is InChI=1S/C11H17N4/c1-12-3-6-14(7-4-12)9-10-15-8-5-13(2)11-15/h3-8,11H,9-10H2,1-2H3/q+1. The van der Waals surface area contributed by atoms with E-state index >= 15 is 0 Å². The van der Waals surface area contributed by atoms with Crippen LogP contribution in [0.15, 0.2) is 43.5 Å². The third-order valence-electron chi connectivity index (χ3n) is 2.43. The minimum Gasteiger partial charge on any atom is -0.354 e. The summed E-state index contributed by atoms with van der Waals surface area (Å²) in [5, 5.41) is 0. The smallest absolute Gasteiger partial charge is 0.243 e. The van der Waals surface area contributed by atoms with Crippen LogP contribution in [0.25, 0.3) is 0 Å². The topological polar surface area (TPSA) is 15.3 Å². The van der Waals surface area contributed by atoms with Crippen molar-refractivity contribution in [2.45, 2.75) is 6.54 Å². The van der Waals surface area contributed by atoms with Crippen LogP contribution >= 0.6 is 0 Å². The van der Waals surface area contributed by atoms with Gasteiger partial charge in [-0.25, -0.2) is 9.13 Å². The molecule has 80 valence electrons. The summed E-state index contributed by atoms with van der Waals surface area (Å²) in [7, 11) is 4.06. The van der Waals surface area contributed by atoms with E-state index in [2.05, 4.69) is 57.6 Å². The Hall–Kier alpha value is -1.71. The van der Waals surface area contributed by atoms with Gasteiger partial charge in [0, 0.05) is 31.8 Å². The van der Waals surface area contributed by atoms with Crippen LogP contribution in [0, 0.1) is 0 Å². The Labute approximate surface area is 90.3 Å². The van der Waals surface area contributed by atoms with Gasteiger partial charge in [0.05, 0.1) is 13.6 Å². The molecule has 0 aromatic carbocycles. The van der Waals surface area contributed by atoms with Crippen LogP contribution in [0.3, 0.4) is 0 Å². The van der Waals surface area contributed by atoms with Crippen LogP contribution in [0.1, 0.15) is 0 Å². The second-order valence-corrected chi connectivity index (χ2v) is 3.82. The molecule has 4 nitrogen and oxygen atoms in total. The molecule has 0 aliphatic carbocycles. The molecule has 1 aliphatic rings. The molecule has 0 bridgehead atoms. The van der Waals surface area contributed by atoms with Crippen LogP contribution in [0.2, 0.25) is 0 Å². The Kier molecular flexibility index (Phi) is 2.76. The Morgan fingerprint density at radius 2 is 1.80 bits per heavy atom. The van der Waals surface area contributed by atoms with Crippen molar-refractivity contribution in [2.75, 3.05) is 13.6 Å². The maximum Gasteiger partial charge on any atom is 0.243 e. The Balaban J connectivity index is 1.84. The van der Waals surface area contributed by atoms with Gasteiger partial charge in [-0.3, -0.25) is 0 Å². The lowest BCUT2D eigenvalue weighted by Gasteiger charge is -2.21. The quantitative estimate of drug-likeness (QED) is 0.668. The van der Waals surface area contributed by atoms with Crippen molar-refractivity contribution in [1.29, 1.82) is 0 Å². The monoisotopic (exact) mass is 205 g/mol. The second kappa shape index (κ2) is 4.21. The molecule has 1 aromatic rings. The molecule has 2 rings (SSSR count). The zero-order valence-corrected chi connectivity index (χ0v) is 9.24. The minimum atomic E-state index is 0.996. The number of imidazole rings is 1. The first-order valence-corrected chi connectivity index (χ1v) is 5.09. The first kappa shape index (κ1) is 9.83. The molecule has 0 N–H and O–H groups in total. The summed E-state index contributed by atoms with van der Waals surface area (Å²) in [5.74, 6) is 0. The molecule has 0 unspecified atom stereocenters. The summed E-state index contributed by atoms with van der Waals surface area (Å²) in [5.41, 5.74) is 0. The molecule has 2 heterocycles. The van der Waals surface area contributed by atoms with Crippen molar-refractivity contribution < 1.29 is 4.57 Å². The number of nitrogens with zero attached hydrogens (tertiary/aromatic N) is 4. The van der Waals surface area contributed by atoms with Gasteiger partial charge in [-0.2, -0.15) is 0 Å².